The summed E-state index contributed by atoms with van der Waals surface area (Å²) in [5.74, 6) is -0.816. The van der Waals surface area contributed by atoms with Crippen molar-refractivity contribution in [3.05, 3.63) is 22.4 Å². The summed E-state index contributed by atoms with van der Waals surface area (Å²) in [6, 6.07) is 3.02. The van der Waals surface area contributed by atoms with Crippen LogP contribution >= 0.6 is 0 Å². The third kappa shape index (κ3) is 2.25. The van der Waals surface area contributed by atoms with E-state index in [2.05, 4.69) is 0 Å². The molecule has 0 aliphatic heterocycles. The molecule has 0 atom stereocenters. The molecule has 8 heteroatoms. The first kappa shape index (κ1) is 16.6. The maximum absolute atomic E-state index is 13.0. The van der Waals surface area contributed by atoms with E-state index in [4.69, 9.17) is 23.4 Å². The molecule has 0 unspecified atom stereocenters. The van der Waals surface area contributed by atoms with E-state index in [1.165, 1.54) is 34.5 Å². The molecule has 0 saturated heterocycles. The molecular formula is C17H16O8. The number of phenols is 2. The van der Waals surface area contributed by atoms with Gasteiger partial charge in [-0.2, -0.15) is 0 Å². The SMILES string of the molecule is COc1cc(OC)c2oc3c(OC)c(O)c(OC)c(O)c3c(=O)c2c1. The molecule has 0 aliphatic carbocycles. The fraction of sp³-hybridized carbons (Fsp3) is 0.235. The van der Waals surface area contributed by atoms with Gasteiger partial charge in [-0.3, -0.25) is 4.79 Å². The van der Waals surface area contributed by atoms with Gasteiger partial charge in [-0.25, -0.2) is 0 Å². The number of aromatic hydroxyl groups is 2. The zero-order chi connectivity index (χ0) is 18.3. The average Bonchev–Trinajstić information content (AvgIpc) is 2.61. The summed E-state index contributed by atoms with van der Waals surface area (Å²) >= 11 is 0. The third-order valence-corrected chi connectivity index (χ3v) is 3.88. The van der Waals surface area contributed by atoms with Crippen LogP contribution in [0.2, 0.25) is 0 Å². The summed E-state index contributed by atoms with van der Waals surface area (Å²) in [6.07, 6.45) is 0. The largest absolute Gasteiger partial charge is 0.504 e. The molecule has 8 nitrogen and oxygen atoms in total. The number of phenolic OH excluding ortho intramolecular Hbond substituents is 2. The van der Waals surface area contributed by atoms with Crippen molar-refractivity contribution >= 4 is 21.9 Å². The van der Waals surface area contributed by atoms with Crippen molar-refractivity contribution in [1.29, 1.82) is 0 Å². The number of benzene rings is 2. The van der Waals surface area contributed by atoms with Crippen molar-refractivity contribution in [3.8, 4) is 34.5 Å². The van der Waals surface area contributed by atoms with Crippen LogP contribution in [-0.2, 0) is 0 Å². The molecule has 0 aliphatic rings. The van der Waals surface area contributed by atoms with Crippen molar-refractivity contribution in [2.45, 2.75) is 0 Å². The molecule has 25 heavy (non-hydrogen) atoms. The Hall–Kier alpha value is -3.29. The number of methoxy groups -OCH3 is 4. The van der Waals surface area contributed by atoms with E-state index in [0.717, 1.165) is 0 Å². The lowest BCUT2D eigenvalue weighted by Crippen LogP contribution is -2.06. The maximum Gasteiger partial charge on any atom is 0.208 e. The number of hydrogen-bond acceptors (Lipinski definition) is 8. The van der Waals surface area contributed by atoms with Gasteiger partial charge in [0.2, 0.25) is 22.7 Å². The highest BCUT2D eigenvalue weighted by atomic mass is 16.5. The molecule has 1 aromatic heterocycles. The first-order valence-electron chi connectivity index (χ1n) is 7.16. The smallest absolute Gasteiger partial charge is 0.208 e. The van der Waals surface area contributed by atoms with Gasteiger partial charge in [0.1, 0.15) is 11.1 Å². The minimum atomic E-state index is -0.553. The van der Waals surface area contributed by atoms with E-state index in [1.807, 2.05) is 0 Å². The van der Waals surface area contributed by atoms with Crippen molar-refractivity contribution in [2.75, 3.05) is 28.4 Å². The Balaban J connectivity index is 2.62. The Morgan fingerprint density at radius 1 is 0.840 bits per heavy atom. The lowest BCUT2D eigenvalue weighted by molar-refractivity contribution is 0.323. The van der Waals surface area contributed by atoms with Crippen LogP contribution in [0.4, 0.5) is 0 Å². The van der Waals surface area contributed by atoms with Crippen LogP contribution in [0.3, 0.4) is 0 Å². The molecule has 0 spiro atoms. The minimum absolute atomic E-state index is 0.126. The van der Waals surface area contributed by atoms with Crippen molar-refractivity contribution in [3.63, 3.8) is 0 Å². The van der Waals surface area contributed by atoms with Crippen LogP contribution in [0.1, 0.15) is 0 Å². The highest BCUT2D eigenvalue weighted by Gasteiger charge is 2.26. The van der Waals surface area contributed by atoms with E-state index < -0.39 is 16.9 Å². The van der Waals surface area contributed by atoms with Gasteiger partial charge >= 0.3 is 0 Å². The molecule has 0 radical (unpaired) electrons. The van der Waals surface area contributed by atoms with Crippen LogP contribution in [0, 0.1) is 0 Å². The van der Waals surface area contributed by atoms with E-state index in [9.17, 15) is 15.0 Å². The zero-order valence-electron chi connectivity index (χ0n) is 14.0. The Bertz CT molecular complexity index is 1030. The molecule has 0 amide bonds. The predicted octanol–water partition coefficient (Wildman–Crippen LogP) is 2.39. The van der Waals surface area contributed by atoms with Crippen LogP contribution in [0.15, 0.2) is 21.3 Å². The van der Waals surface area contributed by atoms with Crippen LogP contribution < -0.4 is 24.4 Å². The fourth-order valence-corrected chi connectivity index (χ4v) is 2.71. The second-order valence-electron chi connectivity index (χ2n) is 5.11. The Morgan fingerprint density at radius 2 is 1.52 bits per heavy atom. The number of fused-ring (bicyclic) bond motifs is 2. The van der Waals surface area contributed by atoms with Crippen LogP contribution in [0.25, 0.3) is 21.9 Å². The van der Waals surface area contributed by atoms with Gasteiger partial charge in [-0.05, 0) is 6.07 Å². The Labute approximate surface area is 141 Å². The second-order valence-corrected chi connectivity index (χ2v) is 5.11. The van der Waals surface area contributed by atoms with Gasteiger partial charge in [0, 0.05) is 6.07 Å². The highest BCUT2D eigenvalue weighted by molar-refractivity contribution is 6.01. The number of rotatable bonds is 4. The van der Waals surface area contributed by atoms with Crippen LogP contribution in [-0.4, -0.2) is 38.7 Å². The Kier molecular flexibility index (Phi) is 3.96. The van der Waals surface area contributed by atoms with E-state index in [0.29, 0.717) is 5.75 Å². The quantitative estimate of drug-likeness (QED) is 0.692. The van der Waals surface area contributed by atoms with Gasteiger partial charge in [0.05, 0.1) is 33.8 Å². The molecule has 0 bridgehead atoms. The highest BCUT2D eigenvalue weighted by Crippen LogP contribution is 2.49. The minimum Gasteiger partial charge on any atom is -0.504 e. The molecule has 0 fully saturated rings. The molecule has 132 valence electrons. The van der Waals surface area contributed by atoms with Crippen molar-refractivity contribution in [2.24, 2.45) is 0 Å². The van der Waals surface area contributed by atoms with Crippen molar-refractivity contribution < 1.29 is 33.6 Å². The summed E-state index contributed by atoms with van der Waals surface area (Å²) in [5.41, 5.74) is -0.551. The fourth-order valence-electron chi connectivity index (χ4n) is 2.71. The van der Waals surface area contributed by atoms with E-state index >= 15 is 0 Å². The number of ether oxygens (including phenoxy) is 4. The first-order chi connectivity index (χ1) is 12.0. The van der Waals surface area contributed by atoms with Crippen LogP contribution in [0.5, 0.6) is 34.5 Å². The molecule has 3 aromatic rings. The molecule has 2 N–H and O–H groups in total. The topological polar surface area (TPSA) is 108 Å². The molecule has 1 heterocycles. The Morgan fingerprint density at radius 3 is 2.08 bits per heavy atom. The third-order valence-electron chi connectivity index (χ3n) is 3.88. The average molecular weight is 348 g/mol. The monoisotopic (exact) mass is 348 g/mol. The summed E-state index contributed by atoms with van der Waals surface area (Å²) < 4.78 is 26.3. The lowest BCUT2D eigenvalue weighted by Gasteiger charge is -2.14. The first-order valence-corrected chi connectivity index (χ1v) is 7.16. The summed E-state index contributed by atoms with van der Waals surface area (Å²) in [4.78, 5) is 13.0. The van der Waals surface area contributed by atoms with Gasteiger partial charge in [-0.15, -0.1) is 0 Å². The van der Waals surface area contributed by atoms with Gasteiger partial charge in [0.15, 0.2) is 22.7 Å². The van der Waals surface area contributed by atoms with Crippen molar-refractivity contribution in [1.82, 2.24) is 0 Å². The molecule has 0 saturated carbocycles. The number of hydrogen-bond donors (Lipinski definition) is 2. The molecule has 3 rings (SSSR count). The summed E-state index contributed by atoms with van der Waals surface area (Å²) in [7, 11) is 5.40. The summed E-state index contributed by atoms with van der Waals surface area (Å²) in [6.45, 7) is 0. The summed E-state index contributed by atoms with van der Waals surface area (Å²) in [5, 5.41) is 20.5. The van der Waals surface area contributed by atoms with Gasteiger partial charge < -0.3 is 33.6 Å². The molecular weight excluding hydrogens is 332 g/mol. The normalized spacial score (nSPS) is 10.9. The maximum atomic E-state index is 13.0. The van der Waals surface area contributed by atoms with Gasteiger partial charge in [0.25, 0.3) is 0 Å². The predicted molar refractivity (Wildman–Crippen MR) is 89.5 cm³/mol. The van der Waals surface area contributed by atoms with E-state index in [1.54, 1.807) is 6.07 Å². The van der Waals surface area contributed by atoms with Gasteiger partial charge in [-0.1, -0.05) is 0 Å². The van der Waals surface area contributed by atoms with E-state index in [-0.39, 0.29) is 39.2 Å². The zero-order valence-corrected chi connectivity index (χ0v) is 14.0. The molecule has 2 aromatic carbocycles. The standard InChI is InChI=1S/C17H16O8/c1-21-7-5-8-11(18)10-12(19)16(23-3)13(20)17(24-4)15(10)25-14(8)9(6-7)22-2/h5-6,19-20H,1-4H3. The lowest BCUT2D eigenvalue weighted by atomic mass is 10.1. The second kappa shape index (κ2) is 5.97.